The summed E-state index contributed by atoms with van der Waals surface area (Å²) in [7, 11) is 4.10. The smallest absolute Gasteiger partial charge is 0.361 e. The van der Waals surface area contributed by atoms with E-state index in [-0.39, 0.29) is 18.7 Å². The van der Waals surface area contributed by atoms with Gasteiger partial charge in [-0.25, -0.2) is 4.79 Å². The average Bonchev–Trinajstić information content (AvgIpc) is 2.80. The van der Waals surface area contributed by atoms with Crippen molar-refractivity contribution in [3.05, 3.63) is 65.7 Å². The quantitative estimate of drug-likeness (QED) is 0.143. The summed E-state index contributed by atoms with van der Waals surface area (Å²) in [6, 6.07) is 18.6. The number of quaternary nitrogens is 1. The fourth-order valence-corrected chi connectivity index (χ4v) is 4.24. The highest BCUT2D eigenvalue weighted by Gasteiger charge is 2.22. The lowest BCUT2D eigenvalue weighted by Crippen LogP contribution is -2.44. The highest BCUT2D eigenvalue weighted by atomic mass is 16.6. The van der Waals surface area contributed by atoms with Gasteiger partial charge in [0.15, 0.2) is 6.54 Å². The summed E-state index contributed by atoms with van der Waals surface area (Å²) in [6.07, 6.45) is 11.6. The van der Waals surface area contributed by atoms with Gasteiger partial charge in [-0.15, -0.1) is 0 Å². The lowest BCUT2D eigenvalue weighted by atomic mass is 10.0. The Morgan fingerprint density at radius 1 is 0.853 bits per heavy atom. The standard InChI is InChI=1S/C30H46NO3/c1-5-6-7-8-9-10-11-13-17-27-20-16-21-29(22-27)34-26(2)25-33-30(32)24-31(3,4)23-28-18-14-12-15-19-28/h12,14-16,18-22,26H,5-11,13,17,23-25H2,1-4H3/q+1. The van der Waals surface area contributed by atoms with Gasteiger partial charge in [-0.05, 0) is 37.5 Å². The van der Waals surface area contributed by atoms with Gasteiger partial charge in [-0.1, -0.05) is 94.3 Å². The molecule has 0 N–H and O–H groups in total. The SMILES string of the molecule is CCCCCCCCCCc1cccc(OC(C)COC(=O)C[N+](C)(C)Cc2ccccc2)c1. The number of aryl methyl sites for hydroxylation is 1. The Morgan fingerprint density at radius 3 is 2.21 bits per heavy atom. The van der Waals surface area contributed by atoms with Crippen molar-refractivity contribution in [3.8, 4) is 5.75 Å². The Bertz CT molecular complexity index is 819. The van der Waals surface area contributed by atoms with Crippen molar-refractivity contribution in [1.29, 1.82) is 0 Å². The molecule has 0 fully saturated rings. The van der Waals surface area contributed by atoms with Gasteiger partial charge in [0.1, 0.15) is 25.0 Å². The number of unbranched alkanes of at least 4 members (excludes halogenated alkanes) is 7. The van der Waals surface area contributed by atoms with E-state index in [1.807, 2.05) is 45.3 Å². The van der Waals surface area contributed by atoms with Crippen molar-refractivity contribution in [3.63, 3.8) is 0 Å². The van der Waals surface area contributed by atoms with Crippen molar-refractivity contribution >= 4 is 5.97 Å². The lowest BCUT2D eigenvalue weighted by Gasteiger charge is -2.28. The lowest BCUT2D eigenvalue weighted by molar-refractivity contribution is -0.896. The number of hydrogen-bond donors (Lipinski definition) is 0. The number of ether oxygens (including phenoxy) is 2. The molecule has 0 bridgehead atoms. The Labute approximate surface area is 207 Å². The predicted octanol–water partition coefficient (Wildman–Crippen LogP) is 6.96. The van der Waals surface area contributed by atoms with Gasteiger partial charge in [0, 0.05) is 5.56 Å². The summed E-state index contributed by atoms with van der Waals surface area (Å²) in [5.41, 5.74) is 2.52. The summed E-state index contributed by atoms with van der Waals surface area (Å²) in [6.45, 7) is 5.58. The summed E-state index contributed by atoms with van der Waals surface area (Å²) in [4.78, 5) is 12.4. The van der Waals surface area contributed by atoms with E-state index in [1.165, 1.54) is 62.5 Å². The van der Waals surface area contributed by atoms with Gasteiger partial charge >= 0.3 is 5.97 Å². The van der Waals surface area contributed by atoms with E-state index < -0.39 is 0 Å². The van der Waals surface area contributed by atoms with Crippen LogP contribution in [0.3, 0.4) is 0 Å². The summed E-state index contributed by atoms with van der Waals surface area (Å²) >= 11 is 0. The molecule has 0 spiro atoms. The zero-order chi connectivity index (χ0) is 24.7. The monoisotopic (exact) mass is 468 g/mol. The largest absolute Gasteiger partial charge is 0.487 e. The molecule has 0 aliphatic heterocycles. The number of carbonyl (C=O) groups is 1. The summed E-state index contributed by atoms with van der Waals surface area (Å²) in [5, 5.41) is 0. The fourth-order valence-electron chi connectivity index (χ4n) is 4.24. The Balaban J connectivity index is 1.66. The van der Waals surface area contributed by atoms with Crippen molar-refractivity contribution in [2.24, 2.45) is 0 Å². The maximum Gasteiger partial charge on any atom is 0.361 e. The van der Waals surface area contributed by atoms with Gasteiger partial charge in [-0.3, -0.25) is 0 Å². The molecule has 0 amide bonds. The van der Waals surface area contributed by atoms with E-state index in [4.69, 9.17) is 9.47 Å². The Kier molecular flexibility index (Phi) is 12.8. The first-order valence-corrected chi connectivity index (χ1v) is 13.1. The van der Waals surface area contributed by atoms with Gasteiger partial charge in [0.2, 0.25) is 0 Å². The number of nitrogens with zero attached hydrogens (tertiary/aromatic N) is 1. The molecule has 0 heterocycles. The number of esters is 1. The number of benzene rings is 2. The Morgan fingerprint density at radius 2 is 1.50 bits per heavy atom. The maximum atomic E-state index is 12.4. The molecule has 0 aliphatic rings. The molecule has 2 rings (SSSR count). The van der Waals surface area contributed by atoms with Gasteiger partial charge < -0.3 is 14.0 Å². The number of hydrogen-bond acceptors (Lipinski definition) is 3. The number of likely N-dealkylation sites (N-methyl/N-ethyl adjacent to an activating group) is 1. The molecule has 1 atom stereocenters. The second kappa shape index (κ2) is 15.5. The third kappa shape index (κ3) is 12.2. The van der Waals surface area contributed by atoms with E-state index in [1.54, 1.807) is 0 Å². The van der Waals surface area contributed by atoms with Crippen LogP contribution in [-0.4, -0.2) is 43.8 Å². The van der Waals surface area contributed by atoms with Crippen molar-refractivity contribution in [1.82, 2.24) is 0 Å². The van der Waals surface area contributed by atoms with Crippen LogP contribution in [0.4, 0.5) is 0 Å². The van der Waals surface area contributed by atoms with Crippen LogP contribution in [0.2, 0.25) is 0 Å². The first-order chi connectivity index (χ1) is 16.4. The second-order valence-electron chi connectivity index (χ2n) is 10.2. The molecule has 1 unspecified atom stereocenters. The first-order valence-electron chi connectivity index (χ1n) is 13.1. The molecular formula is C30H46NO3+. The van der Waals surface area contributed by atoms with E-state index in [0.29, 0.717) is 11.0 Å². The molecule has 0 saturated heterocycles. The molecule has 2 aromatic rings. The zero-order valence-corrected chi connectivity index (χ0v) is 21.9. The molecule has 0 aliphatic carbocycles. The van der Waals surface area contributed by atoms with Crippen molar-refractivity contribution in [2.45, 2.75) is 84.3 Å². The highest BCUT2D eigenvalue weighted by Crippen LogP contribution is 2.18. The third-order valence-electron chi connectivity index (χ3n) is 6.04. The van der Waals surface area contributed by atoms with Crippen LogP contribution < -0.4 is 4.74 Å². The van der Waals surface area contributed by atoms with E-state index in [0.717, 1.165) is 18.7 Å². The van der Waals surface area contributed by atoms with Gasteiger partial charge in [-0.2, -0.15) is 0 Å². The van der Waals surface area contributed by atoms with E-state index >= 15 is 0 Å². The van der Waals surface area contributed by atoms with Crippen LogP contribution in [0, 0.1) is 0 Å². The molecule has 4 heteroatoms. The molecule has 4 nitrogen and oxygen atoms in total. The van der Waals surface area contributed by atoms with Gasteiger partial charge in [0.05, 0.1) is 14.1 Å². The average molecular weight is 469 g/mol. The van der Waals surface area contributed by atoms with Gasteiger partial charge in [0.25, 0.3) is 0 Å². The Hall–Kier alpha value is -2.33. The van der Waals surface area contributed by atoms with Crippen LogP contribution in [0.5, 0.6) is 5.75 Å². The topological polar surface area (TPSA) is 35.5 Å². The number of rotatable bonds is 17. The van der Waals surface area contributed by atoms with Crippen LogP contribution >= 0.6 is 0 Å². The zero-order valence-electron chi connectivity index (χ0n) is 21.9. The molecule has 0 aromatic heterocycles. The third-order valence-corrected chi connectivity index (χ3v) is 6.04. The van der Waals surface area contributed by atoms with E-state index in [9.17, 15) is 4.79 Å². The summed E-state index contributed by atoms with van der Waals surface area (Å²) < 4.78 is 12.1. The van der Waals surface area contributed by atoms with Crippen molar-refractivity contribution in [2.75, 3.05) is 27.2 Å². The molecule has 2 aromatic carbocycles. The van der Waals surface area contributed by atoms with Crippen LogP contribution in [-0.2, 0) is 22.5 Å². The first kappa shape index (κ1) is 27.9. The summed E-state index contributed by atoms with van der Waals surface area (Å²) in [5.74, 6) is 0.653. The minimum Gasteiger partial charge on any atom is -0.487 e. The highest BCUT2D eigenvalue weighted by molar-refractivity contribution is 5.70. The predicted molar refractivity (Wildman–Crippen MR) is 141 cm³/mol. The molecule has 188 valence electrons. The number of carbonyl (C=O) groups excluding carboxylic acids is 1. The molecule has 34 heavy (non-hydrogen) atoms. The van der Waals surface area contributed by atoms with Crippen LogP contribution in [0.15, 0.2) is 54.6 Å². The van der Waals surface area contributed by atoms with E-state index in [2.05, 4.69) is 37.3 Å². The fraction of sp³-hybridized carbons (Fsp3) is 0.567. The van der Waals surface area contributed by atoms with Crippen molar-refractivity contribution < 1.29 is 18.8 Å². The minimum absolute atomic E-state index is 0.188. The molecule has 0 radical (unpaired) electrons. The molecule has 0 saturated carbocycles. The second-order valence-corrected chi connectivity index (χ2v) is 10.2. The van der Waals surface area contributed by atoms with Crippen LogP contribution in [0.1, 0.15) is 76.3 Å². The normalized spacial score (nSPS) is 12.4. The molecular weight excluding hydrogens is 422 g/mol. The maximum absolute atomic E-state index is 12.4. The minimum atomic E-state index is -0.195. The van der Waals surface area contributed by atoms with Crippen LogP contribution in [0.25, 0.3) is 0 Å².